The quantitative estimate of drug-likeness (QED) is 0.532. The lowest BCUT2D eigenvalue weighted by molar-refractivity contribution is -0.344. The van der Waals surface area contributed by atoms with Gasteiger partial charge in [0, 0.05) is 0 Å². The monoisotopic (exact) mass is 374 g/mol. The van der Waals surface area contributed by atoms with Crippen LogP contribution in [-0.4, -0.2) is 12.1 Å². The molecule has 1 aromatic rings. The first-order valence-corrected chi connectivity index (χ1v) is 6.17. The minimum absolute atomic E-state index is 0.287. The summed E-state index contributed by atoms with van der Waals surface area (Å²) in [6, 6.07) is 8.76. The molecule has 0 unspecified atom stereocenters. The molecule has 18 heavy (non-hydrogen) atoms. The number of carboxylic acid groups (broad SMARTS) is 1. The van der Waals surface area contributed by atoms with Crippen LogP contribution >= 0.6 is 0 Å². The molecule has 0 radical (unpaired) electrons. The molecule has 0 aromatic heterocycles. The molecule has 0 aliphatic heterocycles. The van der Waals surface area contributed by atoms with Gasteiger partial charge < -0.3 is 9.90 Å². The van der Waals surface area contributed by atoms with E-state index >= 15 is 0 Å². The Kier molecular flexibility index (Phi) is 6.12. The molecule has 0 N–H and O–H groups in total. The minimum atomic E-state index is -5.19. The Bertz CT molecular complexity index is 391. The number of carbonyl (C=O) groups excluding carboxylic acids is 1. The number of halogens is 4. The van der Waals surface area contributed by atoms with E-state index in [1.165, 1.54) is 9.13 Å². The fourth-order valence-corrected chi connectivity index (χ4v) is 1.34. The summed E-state index contributed by atoms with van der Waals surface area (Å²) in [4.78, 5) is 8.78. The highest BCUT2D eigenvalue weighted by Crippen LogP contribution is 2.20. The molecule has 1 rings (SSSR count). The molecular weight excluding hydrogens is 360 g/mol. The smallest absolute Gasteiger partial charge is 0.430 e. The molecule has 0 aliphatic rings. The zero-order chi connectivity index (χ0) is 14.6. The lowest BCUT2D eigenvalue weighted by Gasteiger charge is -2.17. The lowest BCUT2D eigenvalue weighted by Crippen LogP contribution is -3.34. The van der Waals surface area contributed by atoms with E-state index < -0.39 is 12.1 Å². The third kappa shape index (κ3) is 6.83. The van der Waals surface area contributed by atoms with Crippen molar-refractivity contribution in [2.24, 2.45) is 0 Å². The maximum absolute atomic E-state index is 10.5. The fourth-order valence-electron chi connectivity index (χ4n) is 0.955. The van der Waals surface area contributed by atoms with Crippen molar-refractivity contribution in [3.63, 3.8) is 0 Å². The third-order valence-electron chi connectivity index (χ3n) is 1.95. The Labute approximate surface area is 117 Å². The molecule has 0 atom stereocenters. The van der Waals surface area contributed by atoms with Crippen molar-refractivity contribution in [2.45, 2.75) is 32.4 Å². The van der Waals surface area contributed by atoms with Crippen molar-refractivity contribution in [3.8, 4) is 0 Å². The predicted octanol–water partition coefficient (Wildman–Crippen LogP) is -1.26. The molecule has 6 heteroatoms. The van der Waals surface area contributed by atoms with Gasteiger partial charge in [0.2, 0.25) is 0 Å². The fraction of sp³-hybridized carbons (Fsp3) is 0.417. The molecule has 0 saturated heterocycles. The van der Waals surface area contributed by atoms with Gasteiger partial charge in [0.1, 0.15) is 5.97 Å². The summed E-state index contributed by atoms with van der Waals surface area (Å²) in [5.41, 5.74) is 1.69. The number of carboxylic acids is 1. The summed E-state index contributed by atoms with van der Waals surface area (Å²) in [7, 11) is 0. The lowest BCUT2D eigenvalue weighted by atomic mass is 9.87. The second-order valence-corrected chi connectivity index (χ2v) is 5.91. The van der Waals surface area contributed by atoms with Gasteiger partial charge >= 0.3 is 6.18 Å². The summed E-state index contributed by atoms with van der Waals surface area (Å²) in [6.07, 6.45) is -5.19. The summed E-state index contributed by atoms with van der Waals surface area (Å²) in [5, 5.41) is 8.78. The second-order valence-electron chi connectivity index (χ2n) is 4.56. The molecule has 0 bridgehead atoms. The van der Waals surface area contributed by atoms with Crippen LogP contribution < -0.4 is 27.7 Å². The number of alkyl halides is 3. The van der Waals surface area contributed by atoms with Gasteiger partial charge in [0.15, 0.2) is 3.57 Å². The molecule has 102 valence electrons. The van der Waals surface area contributed by atoms with E-state index in [1.54, 1.807) is 0 Å². The maximum Gasteiger partial charge on any atom is 0.430 e. The van der Waals surface area contributed by atoms with Crippen molar-refractivity contribution in [1.29, 1.82) is 0 Å². The molecule has 0 spiro atoms. The van der Waals surface area contributed by atoms with Gasteiger partial charge in [-0.3, -0.25) is 0 Å². The highest BCUT2D eigenvalue weighted by atomic mass is 127. The minimum Gasteiger partial charge on any atom is -0.542 e. The zero-order valence-electron chi connectivity index (χ0n) is 10.2. The highest BCUT2D eigenvalue weighted by Gasteiger charge is 2.28. The SMILES string of the molecule is CC(C)(C)c1ccc([IH+])cc1.O=C([O-])C(F)(F)F. The molecule has 1 aromatic carbocycles. The molecule has 2 nitrogen and oxygen atoms in total. The summed E-state index contributed by atoms with van der Waals surface area (Å²) in [5.74, 6) is -3.01. The van der Waals surface area contributed by atoms with Crippen LogP contribution in [-0.2, 0) is 10.2 Å². The Hall–Kier alpha value is -0.790. The van der Waals surface area contributed by atoms with Crippen LogP contribution in [0.3, 0.4) is 0 Å². The average molecular weight is 374 g/mol. The van der Waals surface area contributed by atoms with Gasteiger partial charge in [-0.15, -0.1) is 0 Å². The van der Waals surface area contributed by atoms with Gasteiger partial charge in [0.05, 0.1) is 0 Å². The van der Waals surface area contributed by atoms with Gasteiger partial charge in [-0.05, 0) is 23.1 Å². The van der Waals surface area contributed by atoms with Gasteiger partial charge in [0.25, 0.3) is 22.6 Å². The number of aliphatic carboxylic acids is 1. The molecular formula is C12H14F3IO2. The van der Waals surface area contributed by atoms with Crippen molar-refractivity contribution < 1.29 is 45.7 Å². The molecule has 0 saturated carbocycles. The zero-order valence-corrected chi connectivity index (χ0v) is 12.5. The van der Waals surface area contributed by atoms with Crippen LogP contribution in [0.4, 0.5) is 13.2 Å². The van der Waals surface area contributed by atoms with Crippen molar-refractivity contribution >= 4 is 5.97 Å². The number of benzene rings is 1. The van der Waals surface area contributed by atoms with E-state index in [-0.39, 0.29) is 5.41 Å². The molecule has 0 amide bonds. The highest BCUT2D eigenvalue weighted by molar-refractivity contribution is 5.70. The molecule has 0 fully saturated rings. The van der Waals surface area contributed by atoms with Gasteiger partial charge in [-0.25, -0.2) is 0 Å². The average Bonchev–Trinajstić information content (AvgIpc) is 2.16. The number of hydrogen-bond donors (Lipinski definition) is 0. The first kappa shape index (κ1) is 17.2. The van der Waals surface area contributed by atoms with E-state index in [1.807, 2.05) is 22.6 Å². The van der Waals surface area contributed by atoms with Crippen molar-refractivity contribution in [1.82, 2.24) is 0 Å². The first-order valence-electron chi connectivity index (χ1n) is 5.00. The normalized spacial score (nSPS) is 11.5. The van der Waals surface area contributed by atoms with E-state index in [4.69, 9.17) is 9.90 Å². The van der Waals surface area contributed by atoms with E-state index in [2.05, 4.69) is 45.0 Å². The standard InChI is InChI=1S/C10H14I.C2HF3O2/c1-10(2,3)8-4-6-9(11)7-5-8;3-2(4,5)1(6)7/h4-7,11H,1-3H3;(H,6,7)/q+1;/p-1. The Morgan fingerprint density at radius 2 is 1.44 bits per heavy atom. The maximum atomic E-state index is 10.5. The van der Waals surface area contributed by atoms with E-state index in [0.717, 1.165) is 0 Å². The van der Waals surface area contributed by atoms with E-state index in [9.17, 15) is 13.2 Å². The summed E-state index contributed by atoms with van der Waals surface area (Å²) < 4.78 is 32.9. The number of hydrogen-bond acceptors (Lipinski definition) is 2. The largest absolute Gasteiger partial charge is 0.542 e. The van der Waals surface area contributed by atoms with Crippen LogP contribution in [0.25, 0.3) is 0 Å². The first-order chi connectivity index (χ1) is 7.94. The van der Waals surface area contributed by atoms with Crippen LogP contribution in [0.5, 0.6) is 0 Å². The Balaban J connectivity index is 0.000000360. The van der Waals surface area contributed by atoms with Crippen molar-refractivity contribution in [3.05, 3.63) is 33.4 Å². The van der Waals surface area contributed by atoms with Crippen LogP contribution in [0.15, 0.2) is 24.3 Å². The van der Waals surface area contributed by atoms with Gasteiger partial charge in [-0.1, -0.05) is 32.9 Å². The Morgan fingerprint density at radius 3 is 1.67 bits per heavy atom. The number of rotatable bonds is 0. The number of carbonyl (C=O) groups is 1. The summed E-state index contributed by atoms with van der Waals surface area (Å²) >= 11 is 2.05. The predicted molar refractivity (Wildman–Crippen MR) is 56.3 cm³/mol. The van der Waals surface area contributed by atoms with Crippen LogP contribution in [0.2, 0.25) is 0 Å². The third-order valence-corrected chi connectivity index (χ3v) is 2.73. The molecule has 0 heterocycles. The van der Waals surface area contributed by atoms with Crippen LogP contribution in [0.1, 0.15) is 26.3 Å². The van der Waals surface area contributed by atoms with Crippen molar-refractivity contribution in [2.75, 3.05) is 0 Å². The molecule has 0 aliphatic carbocycles. The summed E-state index contributed by atoms with van der Waals surface area (Å²) in [6.45, 7) is 6.70. The second kappa shape index (κ2) is 6.40. The van der Waals surface area contributed by atoms with E-state index in [0.29, 0.717) is 0 Å². The van der Waals surface area contributed by atoms with Gasteiger partial charge in [-0.2, -0.15) is 13.2 Å². The van der Waals surface area contributed by atoms with Crippen LogP contribution in [0, 0.1) is 3.57 Å². The topological polar surface area (TPSA) is 40.1 Å². The Morgan fingerprint density at radius 1 is 1.11 bits per heavy atom.